The van der Waals surface area contributed by atoms with Gasteiger partial charge in [0.15, 0.2) is 0 Å². The van der Waals surface area contributed by atoms with Gasteiger partial charge in [-0.2, -0.15) is 0 Å². The van der Waals surface area contributed by atoms with Gasteiger partial charge >= 0.3 is 0 Å². The van der Waals surface area contributed by atoms with E-state index in [1.165, 1.54) is 43.2 Å². The van der Waals surface area contributed by atoms with Crippen molar-refractivity contribution in [2.75, 3.05) is 6.61 Å². The molecular formula is C18H26N2O. The first kappa shape index (κ1) is 14.6. The first-order chi connectivity index (χ1) is 10.4. The summed E-state index contributed by atoms with van der Waals surface area (Å²) < 4.78 is 5.58. The van der Waals surface area contributed by atoms with Crippen LogP contribution < -0.4 is 11.3 Å². The van der Waals surface area contributed by atoms with Gasteiger partial charge in [0.25, 0.3) is 0 Å². The Balaban J connectivity index is 1.99. The van der Waals surface area contributed by atoms with Gasteiger partial charge in [-0.15, -0.1) is 0 Å². The molecule has 1 saturated carbocycles. The van der Waals surface area contributed by atoms with Crippen molar-refractivity contribution in [2.45, 2.75) is 56.4 Å². The Morgan fingerprint density at radius 3 is 2.43 bits per heavy atom. The molecule has 0 radical (unpaired) electrons. The number of ether oxygens (including phenoxy) is 1. The smallest absolute Gasteiger partial charge is 0.0876 e. The zero-order chi connectivity index (χ0) is 14.5. The maximum Gasteiger partial charge on any atom is 0.0876 e. The van der Waals surface area contributed by atoms with E-state index < -0.39 is 0 Å². The van der Waals surface area contributed by atoms with Gasteiger partial charge in [0, 0.05) is 5.41 Å². The van der Waals surface area contributed by atoms with Crippen molar-refractivity contribution in [3.63, 3.8) is 0 Å². The molecule has 1 aromatic carbocycles. The zero-order valence-corrected chi connectivity index (χ0v) is 12.7. The SMILES string of the molecule is NNC(C1=COCCC1)C1(c2ccccc2)CCCCC1. The van der Waals surface area contributed by atoms with Crippen LogP contribution in [0.4, 0.5) is 0 Å². The summed E-state index contributed by atoms with van der Waals surface area (Å²) in [7, 11) is 0. The van der Waals surface area contributed by atoms with Crippen molar-refractivity contribution < 1.29 is 4.74 Å². The van der Waals surface area contributed by atoms with Crippen LogP contribution in [0.2, 0.25) is 0 Å². The van der Waals surface area contributed by atoms with Crippen LogP contribution in [0.1, 0.15) is 50.5 Å². The highest BCUT2D eigenvalue weighted by molar-refractivity contribution is 5.33. The lowest BCUT2D eigenvalue weighted by molar-refractivity contribution is 0.191. The van der Waals surface area contributed by atoms with Crippen LogP contribution in [0.5, 0.6) is 0 Å². The molecule has 3 N–H and O–H groups in total. The standard InChI is InChI=1S/C18H26N2O/c19-20-17(15-8-7-13-21-14-15)18(11-5-2-6-12-18)16-9-3-1-4-10-16/h1,3-4,9-10,14,17,20H,2,5-8,11-13,19H2. The van der Waals surface area contributed by atoms with E-state index in [0.29, 0.717) is 0 Å². The summed E-state index contributed by atoms with van der Waals surface area (Å²) >= 11 is 0. The second-order valence-corrected chi connectivity index (χ2v) is 6.35. The summed E-state index contributed by atoms with van der Waals surface area (Å²) in [6.07, 6.45) is 10.4. The summed E-state index contributed by atoms with van der Waals surface area (Å²) in [6.45, 7) is 0.832. The Labute approximate surface area is 127 Å². The van der Waals surface area contributed by atoms with Gasteiger partial charge in [-0.3, -0.25) is 11.3 Å². The van der Waals surface area contributed by atoms with E-state index in [0.717, 1.165) is 19.4 Å². The van der Waals surface area contributed by atoms with Crippen LogP contribution >= 0.6 is 0 Å². The number of hydrazine groups is 1. The first-order valence-corrected chi connectivity index (χ1v) is 8.19. The molecule has 114 valence electrons. The van der Waals surface area contributed by atoms with E-state index in [1.54, 1.807) is 0 Å². The number of rotatable bonds is 4. The van der Waals surface area contributed by atoms with Crippen LogP contribution in [-0.4, -0.2) is 12.6 Å². The fourth-order valence-corrected chi connectivity index (χ4v) is 4.12. The van der Waals surface area contributed by atoms with Crippen molar-refractivity contribution in [1.82, 2.24) is 5.43 Å². The van der Waals surface area contributed by atoms with E-state index in [-0.39, 0.29) is 11.5 Å². The van der Waals surface area contributed by atoms with Crippen LogP contribution in [0.3, 0.4) is 0 Å². The Hall–Kier alpha value is -1.32. The molecule has 1 aliphatic carbocycles. The molecule has 3 nitrogen and oxygen atoms in total. The van der Waals surface area contributed by atoms with E-state index in [2.05, 4.69) is 35.8 Å². The van der Waals surface area contributed by atoms with Gasteiger partial charge in [0.1, 0.15) is 0 Å². The summed E-state index contributed by atoms with van der Waals surface area (Å²) in [5.41, 5.74) is 5.99. The molecule has 0 saturated heterocycles. The number of hydrogen-bond acceptors (Lipinski definition) is 3. The molecule has 2 aliphatic rings. The largest absolute Gasteiger partial charge is 0.501 e. The lowest BCUT2D eigenvalue weighted by Gasteiger charge is -2.45. The Bertz CT molecular complexity index is 477. The lowest BCUT2D eigenvalue weighted by Crippen LogP contribution is -2.53. The molecule has 3 rings (SSSR count). The third kappa shape index (κ3) is 2.85. The monoisotopic (exact) mass is 286 g/mol. The first-order valence-electron chi connectivity index (χ1n) is 8.19. The summed E-state index contributed by atoms with van der Waals surface area (Å²) in [5.74, 6) is 6.01. The average Bonchev–Trinajstić information content (AvgIpc) is 2.58. The second kappa shape index (κ2) is 6.63. The van der Waals surface area contributed by atoms with Crippen molar-refractivity contribution in [3.05, 3.63) is 47.7 Å². The topological polar surface area (TPSA) is 47.3 Å². The number of nitrogens with one attached hydrogen (secondary N) is 1. The van der Waals surface area contributed by atoms with Crippen LogP contribution in [0.25, 0.3) is 0 Å². The van der Waals surface area contributed by atoms with E-state index in [9.17, 15) is 0 Å². The van der Waals surface area contributed by atoms with Gasteiger partial charge in [0.2, 0.25) is 0 Å². The minimum atomic E-state index is 0.112. The van der Waals surface area contributed by atoms with Crippen LogP contribution in [0, 0.1) is 0 Å². The molecule has 3 heteroatoms. The van der Waals surface area contributed by atoms with Crippen molar-refractivity contribution in [1.29, 1.82) is 0 Å². The molecule has 1 atom stereocenters. The molecule has 0 bridgehead atoms. The van der Waals surface area contributed by atoms with Crippen LogP contribution in [0.15, 0.2) is 42.2 Å². The third-order valence-corrected chi connectivity index (χ3v) is 5.15. The summed E-state index contributed by atoms with van der Waals surface area (Å²) in [6, 6.07) is 11.1. The van der Waals surface area contributed by atoms with Gasteiger partial charge < -0.3 is 4.74 Å². The molecule has 0 aromatic heterocycles. The van der Waals surface area contributed by atoms with Gasteiger partial charge in [-0.05, 0) is 36.8 Å². The Kier molecular flexibility index (Phi) is 4.61. The highest BCUT2D eigenvalue weighted by Crippen LogP contribution is 2.45. The lowest BCUT2D eigenvalue weighted by atomic mass is 9.63. The van der Waals surface area contributed by atoms with E-state index in [1.807, 2.05) is 6.26 Å². The van der Waals surface area contributed by atoms with E-state index in [4.69, 9.17) is 10.6 Å². The fraction of sp³-hybridized carbons (Fsp3) is 0.556. The number of nitrogens with two attached hydrogens (primary N) is 1. The Morgan fingerprint density at radius 1 is 1.05 bits per heavy atom. The molecule has 1 fully saturated rings. The highest BCUT2D eigenvalue weighted by Gasteiger charge is 2.42. The predicted molar refractivity (Wildman–Crippen MR) is 85.6 cm³/mol. The van der Waals surface area contributed by atoms with E-state index >= 15 is 0 Å². The van der Waals surface area contributed by atoms with Gasteiger partial charge in [-0.1, -0.05) is 49.6 Å². The zero-order valence-electron chi connectivity index (χ0n) is 12.7. The fourth-order valence-electron chi connectivity index (χ4n) is 4.12. The average molecular weight is 286 g/mol. The molecule has 0 spiro atoms. The van der Waals surface area contributed by atoms with Crippen molar-refractivity contribution in [2.24, 2.45) is 5.84 Å². The quantitative estimate of drug-likeness (QED) is 0.658. The highest BCUT2D eigenvalue weighted by atomic mass is 16.5. The third-order valence-electron chi connectivity index (χ3n) is 5.15. The molecule has 1 unspecified atom stereocenters. The summed E-state index contributed by atoms with van der Waals surface area (Å²) in [4.78, 5) is 0. The van der Waals surface area contributed by atoms with Crippen molar-refractivity contribution >= 4 is 0 Å². The maximum atomic E-state index is 6.01. The number of hydrogen-bond donors (Lipinski definition) is 2. The normalized spacial score (nSPS) is 23.0. The molecule has 0 amide bonds. The molecule has 1 heterocycles. The second-order valence-electron chi connectivity index (χ2n) is 6.35. The maximum absolute atomic E-state index is 6.01. The van der Waals surface area contributed by atoms with Gasteiger partial charge in [-0.25, -0.2) is 0 Å². The van der Waals surface area contributed by atoms with Gasteiger partial charge in [0.05, 0.1) is 18.9 Å². The molecule has 1 aromatic rings. The molecular weight excluding hydrogens is 260 g/mol. The summed E-state index contributed by atoms with van der Waals surface area (Å²) in [5, 5.41) is 0. The van der Waals surface area contributed by atoms with Crippen molar-refractivity contribution in [3.8, 4) is 0 Å². The Morgan fingerprint density at radius 2 is 1.81 bits per heavy atom. The minimum absolute atomic E-state index is 0.112. The van der Waals surface area contributed by atoms with Crippen LogP contribution in [-0.2, 0) is 10.2 Å². The molecule has 1 aliphatic heterocycles. The number of benzene rings is 1. The minimum Gasteiger partial charge on any atom is -0.501 e. The molecule has 21 heavy (non-hydrogen) atoms. The predicted octanol–water partition coefficient (Wildman–Crippen LogP) is 3.41.